The summed E-state index contributed by atoms with van der Waals surface area (Å²) < 4.78 is 0. The van der Waals surface area contributed by atoms with Crippen LogP contribution in [-0.4, -0.2) is 0 Å². The van der Waals surface area contributed by atoms with E-state index in [0.717, 1.165) is 12.8 Å². The molecule has 3 aliphatic rings. The number of nitrogens with two attached hydrogens (primary N) is 1. The summed E-state index contributed by atoms with van der Waals surface area (Å²) in [5.74, 6) is 0.420. The van der Waals surface area contributed by atoms with Crippen LogP contribution in [0.15, 0.2) is 243 Å². The minimum atomic E-state index is -0.353. The lowest BCUT2D eigenvalue weighted by molar-refractivity contribution is 0.563. The van der Waals surface area contributed by atoms with Crippen LogP contribution in [0.25, 0.3) is 44.5 Å². The van der Waals surface area contributed by atoms with Crippen LogP contribution in [0.3, 0.4) is 0 Å². The highest BCUT2D eigenvalue weighted by Crippen LogP contribution is 2.62. The highest BCUT2D eigenvalue weighted by atomic mass is 14.5. The first-order valence-electron chi connectivity index (χ1n) is 24.7. The molecule has 2 N–H and O–H groups in total. The summed E-state index contributed by atoms with van der Waals surface area (Å²) in [4.78, 5) is 0. The van der Waals surface area contributed by atoms with Crippen molar-refractivity contribution >= 4 is 0 Å². The third-order valence-electron chi connectivity index (χ3n) is 14.8. The number of allylic oxidation sites excluding steroid dienone is 4. The summed E-state index contributed by atoms with van der Waals surface area (Å²) in [5.41, 5.74) is 29.2. The Kier molecular flexibility index (Phi) is 12.8. The van der Waals surface area contributed by atoms with Crippen LogP contribution >= 0.6 is 0 Å². The van der Waals surface area contributed by atoms with E-state index in [-0.39, 0.29) is 10.8 Å². The molecular formula is C68H61N. The molecule has 1 nitrogen and oxygen atoms in total. The molecule has 0 saturated carbocycles. The Balaban J connectivity index is 0.000000206. The van der Waals surface area contributed by atoms with Gasteiger partial charge in [0, 0.05) is 17.9 Å². The number of aryl methyl sites for hydroxylation is 2. The zero-order chi connectivity index (χ0) is 47.4. The van der Waals surface area contributed by atoms with Gasteiger partial charge in [-0.15, -0.1) is 0 Å². The van der Waals surface area contributed by atoms with Crippen molar-refractivity contribution < 1.29 is 0 Å². The molecule has 0 bridgehead atoms. The van der Waals surface area contributed by atoms with Crippen LogP contribution in [-0.2, 0) is 23.8 Å². The predicted octanol–water partition coefficient (Wildman–Crippen LogP) is 17.0. The van der Waals surface area contributed by atoms with Gasteiger partial charge in [-0.05, 0) is 126 Å². The molecule has 1 heteroatoms. The van der Waals surface area contributed by atoms with Crippen LogP contribution in [0.1, 0.15) is 88.7 Å². The van der Waals surface area contributed by atoms with E-state index in [0.29, 0.717) is 12.5 Å². The van der Waals surface area contributed by atoms with Gasteiger partial charge < -0.3 is 5.73 Å². The van der Waals surface area contributed by atoms with E-state index in [4.69, 9.17) is 5.73 Å². The molecular weight excluding hydrogens is 831 g/mol. The average Bonchev–Trinajstić information content (AvgIpc) is 3.72. The number of rotatable bonds is 6. The van der Waals surface area contributed by atoms with Gasteiger partial charge in [-0.2, -0.15) is 0 Å². The molecule has 1 spiro atoms. The van der Waals surface area contributed by atoms with E-state index < -0.39 is 0 Å². The predicted molar refractivity (Wildman–Crippen MR) is 293 cm³/mol. The Morgan fingerprint density at radius 2 is 0.986 bits per heavy atom. The van der Waals surface area contributed by atoms with Crippen molar-refractivity contribution in [3.05, 3.63) is 298 Å². The molecule has 3 aliphatic carbocycles. The minimum Gasteiger partial charge on any atom is -0.326 e. The molecule has 12 rings (SSSR count). The van der Waals surface area contributed by atoms with Gasteiger partial charge in [-0.3, -0.25) is 0 Å². The topological polar surface area (TPSA) is 26.0 Å². The van der Waals surface area contributed by atoms with E-state index in [2.05, 4.69) is 246 Å². The van der Waals surface area contributed by atoms with Crippen molar-refractivity contribution in [3.8, 4) is 44.5 Å². The fourth-order valence-electron chi connectivity index (χ4n) is 11.2. The van der Waals surface area contributed by atoms with Crippen LogP contribution in [0.4, 0.5) is 0 Å². The van der Waals surface area contributed by atoms with E-state index >= 15 is 0 Å². The summed E-state index contributed by atoms with van der Waals surface area (Å²) in [5, 5.41) is 0. The minimum absolute atomic E-state index is 0.0878. The molecule has 0 saturated heterocycles. The Hall–Kier alpha value is -7.58. The highest BCUT2D eigenvalue weighted by molar-refractivity contribution is 5.92. The quantitative estimate of drug-likeness (QED) is 0.177. The van der Waals surface area contributed by atoms with Gasteiger partial charge in [0.1, 0.15) is 0 Å². The fourth-order valence-corrected chi connectivity index (χ4v) is 11.2. The smallest absolute Gasteiger partial charge is 0.0719 e. The monoisotopic (exact) mass is 891 g/mol. The van der Waals surface area contributed by atoms with Crippen LogP contribution < -0.4 is 5.73 Å². The van der Waals surface area contributed by atoms with Gasteiger partial charge in [0.15, 0.2) is 0 Å². The highest BCUT2D eigenvalue weighted by Gasteiger charge is 2.53. The van der Waals surface area contributed by atoms with E-state index in [1.165, 1.54) is 100 Å². The first-order chi connectivity index (χ1) is 33.8. The van der Waals surface area contributed by atoms with Gasteiger partial charge in [-0.1, -0.05) is 257 Å². The zero-order valence-corrected chi connectivity index (χ0v) is 40.4. The number of fused-ring (bicyclic) bond motifs is 9. The standard InChI is InChI=1S/C47H38.C13H13N.C8H10/c1-31-14-13-23-44-45(31)38-30-35(32-24-26-34(27-25-32)37-18-8-7-17-36(37)33-15-5-4-6-16-33)28-29-39(38)47(44)42-21-11-9-19-40(42)46(2,3)41-20-10-12-22-43(41)47;14-10-11-6-8-13(9-7-11)12-4-2-1-3-5-12;1-2-8-6-4-3-5-7-8/h4-15,17-30,33H,16H2,1-3H3;1-9H,10,14H2;3-7H,2H2,1H3. The molecule has 0 radical (unpaired) electrons. The van der Waals surface area contributed by atoms with Crippen LogP contribution in [0, 0.1) is 6.92 Å². The second-order valence-corrected chi connectivity index (χ2v) is 19.2. The fraction of sp³-hybridized carbons (Fsp3) is 0.147. The van der Waals surface area contributed by atoms with Crippen molar-refractivity contribution in [3.63, 3.8) is 0 Å². The first-order valence-corrected chi connectivity index (χ1v) is 24.7. The first kappa shape index (κ1) is 45.2. The van der Waals surface area contributed by atoms with Gasteiger partial charge in [0.05, 0.1) is 5.41 Å². The Labute approximate surface area is 410 Å². The summed E-state index contributed by atoms with van der Waals surface area (Å²) in [6.45, 7) is 9.82. The van der Waals surface area contributed by atoms with E-state index in [9.17, 15) is 0 Å². The van der Waals surface area contributed by atoms with Gasteiger partial charge >= 0.3 is 0 Å². The molecule has 0 aliphatic heterocycles. The van der Waals surface area contributed by atoms with Crippen molar-refractivity contribution in [1.29, 1.82) is 0 Å². The maximum atomic E-state index is 5.54. The molecule has 9 aromatic carbocycles. The Morgan fingerprint density at radius 3 is 1.61 bits per heavy atom. The molecule has 338 valence electrons. The maximum Gasteiger partial charge on any atom is 0.0719 e. The molecule has 1 unspecified atom stereocenters. The number of benzene rings is 9. The Bertz CT molecular complexity index is 3230. The lowest BCUT2D eigenvalue weighted by Crippen LogP contribution is -2.40. The molecule has 9 aromatic rings. The average molecular weight is 892 g/mol. The second kappa shape index (κ2) is 19.6. The lowest BCUT2D eigenvalue weighted by atomic mass is 9.55. The summed E-state index contributed by atoms with van der Waals surface area (Å²) >= 11 is 0. The summed E-state index contributed by atoms with van der Waals surface area (Å²) in [6.07, 6.45) is 11.1. The van der Waals surface area contributed by atoms with Crippen molar-refractivity contribution in [2.45, 2.75) is 63.8 Å². The molecule has 0 heterocycles. The number of hydrogen-bond donors (Lipinski definition) is 1. The lowest BCUT2D eigenvalue weighted by Gasteiger charge is -2.46. The van der Waals surface area contributed by atoms with Crippen LogP contribution in [0.2, 0.25) is 0 Å². The van der Waals surface area contributed by atoms with Crippen molar-refractivity contribution in [1.82, 2.24) is 0 Å². The van der Waals surface area contributed by atoms with Gasteiger partial charge in [-0.25, -0.2) is 0 Å². The van der Waals surface area contributed by atoms with Crippen LogP contribution in [0.5, 0.6) is 0 Å². The summed E-state index contributed by atoms with van der Waals surface area (Å²) in [7, 11) is 0. The second-order valence-electron chi connectivity index (χ2n) is 19.2. The van der Waals surface area contributed by atoms with E-state index in [1.54, 1.807) is 0 Å². The van der Waals surface area contributed by atoms with Crippen molar-refractivity contribution in [2.24, 2.45) is 5.73 Å². The molecule has 0 fully saturated rings. The number of hydrogen-bond acceptors (Lipinski definition) is 1. The Morgan fingerprint density at radius 1 is 0.449 bits per heavy atom. The van der Waals surface area contributed by atoms with Gasteiger partial charge in [0.25, 0.3) is 0 Å². The third kappa shape index (κ3) is 8.43. The summed E-state index contributed by atoms with van der Waals surface area (Å²) in [6, 6.07) is 79.8. The third-order valence-corrected chi connectivity index (χ3v) is 14.8. The van der Waals surface area contributed by atoms with E-state index in [1.807, 2.05) is 24.3 Å². The molecule has 1 atom stereocenters. The molecule has 0 amide bonds. The van der Waals surface area contributed by atoms with Gasteiger partial charge in [0.2, 0.25) is 0 Å². The zero-order valence-electron chi connectivity index (χ0n) is 40.4. The van der Waals surface area contributed by atoms with Crippen molar-refractivity contribution in [2.75, 3.05) is 0 Å². The molecule has 69 heavy (non-hydrogen) atoms. The largest absolute Gasteiger partial charge is 0.326 e. The normalized spacial score (nSPS) is 15.1. The molecule has 0 aromatic heterocycles. The SMILES string of the molecule is CCc1ccccc1.Cc1cccc2c1-c1cc(-c3ccc(-c4ccccc4C4C=CC=CC4)cc3)ccc1C21c2ccccc2C(C)(C)c2ccccc21.NCc1ccc(-c2ccccc2)cc1. The maximum absolute atomic E-state index is 5.54.